The van der Waals surface area contributed by atoms with Crippen molar-refractivity contribution in [3.63, 3.8) is 0 Å². The third-order valence-corrected chi connectivity index (χ3v) is 3.93. The molecule has 0 saturated carbocycles. The molecule has 2 aromatic carbocycles. The van der Waals surface area contributed by atoms with Crippen molar-refractivity contribution in [2.45, 2.75) is 13.0 Å². The highest BCUT2D eigenvalue weighted by Gasteiger charge is 2.14. The number of hydrogen-bond acceptors (Lipinski definition) is 2. The van der Waals surface area contributed by atoms with Crippen molar-refractivity contribution in [1.29, 1.82) is 0 Å². The van der Waals surface area contributed by atoms with E-state index in [1.165, 1.54) is 0 Å². The van der Waals surface area contributed by atoms with Gasteiger partial charge in [0.05, 0.1) is 0 Å². The predicted octanol–water partition coefficient (Wildman–Crippen LogP) is 4.28. The van der Waals surface area contributed by atoms with E-state index in [1.54, 1.807) is 12.4 Å². The molecule has 1 heterocycles. The fourth-order valence-electron chi connectivity index (χ4n) is 2.33. The molecule has 0 aliphatic rings. The van der Waals surface area contributed by atoms with Crippen LogP contribution in [-0.2, 0) is 0 Å². The maximum atomic E-state index is 10.6. The van der Waals surface area contributed by atoms with Crippen LogP contribution in [0.5, 0.6) is 0 Å². The number of halogens is 1. The van der Waals surface area contributed by atoms with Gasteiger partial charge in [0.1, 0.15) is 6.10 Å². The molecule has 1 unspecified atom stereocenters. The van der Waals surface area contributed by atoms with Gasteiger partial charge in [-0.05, 0) is 41.1 Å². The summed E-state index contributed by atoms with van der Waals surface area (Å²) in [6.45, 7) is 1.94. The van der Waals surface area contributed by atoms with E-state index in [0.717, 1.165) is 27.5 Å². The first-order chi connectivity index (χ1) is 9.66. The molecular formula is C17H14ClNO. The molecular weight excluding hydrogens is 270 g/mol. The molecule has 3 rings (SSSR count). The second-order valence-corrected chi connectivity index (χ2v) is 5.26. The highest BCUT2D eigenvalue weighted by Crippen LogP contribution is 2.30. The van der Waals surface area contributed by atoms with Crippen LogP contribution in [0.15, 0.2) is 54.9 Å². The van der Waals surface area contributed by atoms with Crippen LogP contribution in [0.3, 0.4) is 0 Å². The van der Waals surface area contributed by atoms with Crippen molar-refractivity contribution >= 4 is 22.4 Å². The Kier molecular flexibility index (Phi) is 3.43. The van der Waals surface area contributed by atoms with Crippen molar-refractivity contribution < 1.29 is 5.11 Å². The zero-order valence-electron chi connectivity index (χ0n) is 11.0. The molecule has 0 spiro atoms. The lowest BCUT2D eigenvalue weighted by molar-refractivity contribution is 0.222. The summed E-state index contributed by atoms with van der Waals surface area (Å²) >= 11 is 6.14. The van der Waals surface area contributed by atoms with E-state index in [4.69, 9.17) is 11.6 Å². The summed E-state index contributed by atoms with van der Waals surface area (Å²) < 4.78 is 0. The SMILES string of the molecule is Cc1ccc(C(O)c2cccc3ccncc23)cc1Cl. The number of pyridine rings is 1. The molecule has 0 amide bonds. The van der Waals surface area contributed by atoms with Gasteiger partial charge in [-0.1, -0.05) is 41.9 Å². The van der Waals surface area contributed by atoms with Crippen molar-refractivity contribution in [3.8, 4) is 0 Å². The minimum absolute atomic E-state index is 0.667. The first kappa shape index (κ1) is 13.1. The van der Waals surface area contributed by atoms with Gasteiger partial charge in [-0.25, -0.2) is 0 Å². The van der Waals surface area contributed by atoms with Crippen LogP contribution in [0.4, 0.5) is 0 Å². The summed E-state index contributed by atoms with van der Waals surface area (Å²) in [7, 11) is 0. The molecule has 1 N–H and O–H groups in total. The van der Waals surface area contributed by atoms with Crippen LogP contribution in [0, 0.1) is 6.92 Å². The Labute approximate surface area is 122 Å². The predicted molar refractivity (Wildman–Crippen MR) is 82.0 cm³/mol. The molecule has 0 radical (unpaired) electrons. The number of hydrogen-bond donors (Lipinski definition) is 1. The van der Waals surface area contributed by atoms with Gasteiger partial charge in [-0.2, -0.15) is 0 Å². The van der Waals surface area contributed by atoms with E-state index < -0.39 is 6.10 Å². The minimum atomic E-state index is -0.707. The number of aliphatic hydroxyl groups excluding tert-OH is 1. The maximum Gasteiger partial charge on any atom is 0.105 e. The van der Waals surface area contributed by atoms with E-state index >= 15 is 0 Å². The van der Waals surface area contributed by atoms with Crippen LogP contribution in [0.25, 0.3) is 10.8 Å². The van der Waals surface area contributed by atoms with Gasteiger partial charge >= 0.3 is 0 Å². The fraction of sp³-hybridized carbons (Fsp3) is 0.118. The lowest BCUT2D eigenvalue weighted by Crippen LogP contribution is -2.01. The van der Waals surface area contributed by atoms with Crippen LogP contribution in [0.1, 0.15) is 22.8 Å². The Balaban J connectivity index is 2.12. The summed E-state index contributed by atoms with van der Waals surface area (Å²) in [6, 6.07) is 13.4. The Bertz CT molecular complexity index is 765. The van der Waals surface area contributed by atoms with E-state index in [2.05, 4.69) is 4.98 Å². The number of aliphatic hydroxyl groups is 1. The maximum absolute atomic E-state index is 10.6. The summed E-state index contributed by atoms with van der Waals surface area (Å²) in [5.74, 6) is 0. The van der Waals surface area contributed by atoms with Crippen LogP contribution >= 0.6 is 11.6 Å². The first-order valence-corrected chi connectivity index (χ1v) is 6.81. The molecule has 0 aliphatic heterocycles. The Hall–Kier alpha value is -1.90. The average molecular weight is 284 g/mol. The molecule has 0 aliphatic carbocycles. The van der Waals surface area contributed by atoms with Crippen molar-refractivity contribution in [1.82, 2.24) is 4.98 Å². The Morgan fingerprint density at radius 3 is 2.80 bits per heavy atom. The molecule has 0 fully saturated rings. The topological polar surface area (TPSA) is 33.1 Å². The van der Waals surface area contributed by atoms with E-state index in [-0.39, 0.29) is 0 Å². The standard InChI is InChI=1S/C17H14ClNO/c1-11-5-6-13(9-16(11)18)17(20)14-4-2-3-12-7-8-19-10-15(12)14/h2-10,17,20H,1H3. The van der Waals surface area contributed by atoms with Crippen molar-refractivity contribution in [2.75, 3.05) is 0 Å². The monoisotopic (exact) mass is 283 g/mol. The van der Waals surface area contributed by atoms with Gasteiger partial charge in [0.15, 0.2) is 0 Å². The number of nitrogens with zero attached hydrogens (tertiary/aromatic N) is 1. The van der Waals surface area contributed by atoms with Gasteiger partial charge in [-0.3, -0.25) is 4.98 Å². The largest absolute Gasteiger partial charge is 0.384 e. The number of fused-ring (bicyclic) bond motifs is 1. The second-order valence-electron chi connectivity index (χ2n) is 4.86. The van der Waals surface area contributed by atoms with Crippen molar-refractivity contribution in [2.24, 2.45) is 0 Å². The molecule has 0 saturated heterocycles. The summed E-state index contributed by atoms with van der Waals surface area (Å²) in [6.07, 6.45) is 2.83. The smallest absolute Gasteiger partial charge is 0.105 e. The summed E-state index contributed by atoms with van der Waals surface area (Å²) in [5.41, 5.74) is 2.63. The van der Waals surface area contributed by atoms with E-state index in [1.807, 2.05) is 49.4 Å². The van der Waals surface area contributed by atoms with E-state index in [9.17, 15) is 5.11 Å². The molecule has 100 valence electrons. The zero-order valence-corrected chi connectivity index (χ0v) is 11.8. The lowest BCUT2D eigenvalue weighted by atomic mass is 9.96. The highest BCUT2D eigenvalue weighted by molar-refractivity contribution is 6.31. The fourth-order valence-corrected chi connectivity index (χ4v) is 2.52. The quantitative estimate of drug-likeness (QED) is 0.761. The second kappa shape index (κ2) is 5.23. The summed E-state index contributed by atoms with van der Waals surface area (Å²) in [5, 5.41) is 13.3. The lowest BCUT2D eigenvalue weighted by Gasteiger charge is -2.15. The molecule has 3 heteroatoms. The molecule has 1 atom stereocenters. The van der Waals surface area contributed by atoms with Gasteiger partial charge in [0.25, 0.3) is 0 Å². The Morgan fingerprint density at radius 1 is 1.15 bits per heavy atom. The normalized spacial score (nSPS) is 12.6. The number of benzene rings is 2. The number of rotatable bonds is 2. The first-order valence-electron chi connectivity index (χ1n) is 6.43. The third-order valence-electron chi connectivity index (χ3n) is 3.52. The molecule has 20 heavy (non-hydrogen) atoms. The molecule has 1 aromatic heterocycles. The van der Waals surface area contributed by atoms with E-state index in [0.29, 0.717) is 5.02 Å². The van der Waals surface area contributed by atoms with Crippen LogP contribution in [0.2, 0.25) is 5.02 Å². The highest BCUT2D eigenvalue weighted by atomic mass is 35.5. The minimum Gasteiger partial charge on any atom is -0.384 e. The van der Waals surface area contributed by atoms with Gasteiger partial charge in [0, 0.05) is 22.8 Å². The van der Waals surface area contributed by atoms with Crippen LogP contribution in [-0.4, -0.2) is 10.1 Å². The third kappa shape index (κ3) is 2.28. The van der Waals surface area contributed by atoms with Gasteiger partial charge < -0.3 is 5.11 Å². The van der Waals surface area contributed by atoms with Gasteiger partial charge in [-0.15, -0.1) is 0 Å². The van der Waals surface area contributed by atoms with Crippen molar-refractivity contribution in [3.05, 3.63) is 76.6 Å². The molecule has 0 bridgehead atoms. The number of aromatic nitrogens is 1. The van der Waals surface area contributed by atoms with Gasteiger partial charge in [0.2, 0.25) is 0 Å². The molecule has 3 aromatic rings. The average Bonchev–Trinajstić information content (AvgIpc) is 2.49. The molecule has 2 nitrogen and oxygen atoms in total. The van der Waals surface area contributed by atoms with Crippen LogP contribution < -0.4 is 0 Å². The number of aryl methyl sites for hydroxylation is 1. The zero-order chi connectivity index (χ0) is 14.1. The Morgan fingerprint density at radius 2 is 2.00 bits per heavy atom. The summed E-state index contributed by atoms with van der Waals surface area (Å²) in [4.78, 5) is 4.14.